The predicted molar refractivity (Wildman–Crippen MR) is 66.3 cm³/mol. The Hall–Kier alpha value is -0.120. The van der Waals surface area contributed by atoms with Crippen molar-refractivity contribution in [2.75, 3.05) is 39.4 Å². The fraction of sp³-hybridized carbons (Fsp3) is 1.00. The number of nitrogens with two attached hydrogens (primary N) is 1. The van der Waals surface area contributed by atoms with E-state index in [1.54, 1.807) is 0 Å². The summed E-state index contributed by atoms with van der Waals surface area (Å²) in [5, 5.41) is 0. The summed E-state index contributed by atoms with van der Waals surface area (Å²) in [5.74, 6) is 2.40. The molecule has 16 heavy (non-hydrogen) atoms. The van der Waals surface area contributed by atoms with Crippen LogP contribution in [0.1, 0.15) is 26.2 Å². The lowest BCUT2D eigenvalue weighted by atomic mass is 9.86. The van der Waals surface area contributed by atoms with Crippen molar-refractivity contribution in [2.45, 2.75) is 26.2 Å². The second-order valence-corrected chi connectivity index (χ2v) is 5.58. The van der Waals surface area contributed by atoms with Crippen molar-refractivity contribution >= 4 is 0 Å². The van der Waals surface area contributed by atoms with E-state index in [4.69, 9.17) is 10.5 Å². The Labute approximate surface area is 99.3 Å². The van der Waals surface area contributed by atoms with Gasteiger partial charge in [-0.05, 0) is 50.1 Å². The van der Waals surface area contributed by atoms with E-state index in [0.717, 1.165) is 37.5 Å². The fourth-order valence-corrected chi connectivity index (χ4v) is 3.09. The van der Waals surface area contributed by atoms with Gasteiger partial charge in [-0.2, -0.15) is 0 Å². The van der Waals surface area contributed by atoms with Gasteiger partial charge >= 0.3 is 0 Å². The molecule has 0 bridgehead atoms. The minimum absolute atomic E-state index is 0.755. The SMILES string of the molecule is CC1CN(CC2CCOCC2)CCC1CN. The first-order valence-electron chi connectivity index (χ1n) is 6.79. The normalized spacial score (nSPS) is 34.1. The molecule has 2 aliphatic rings. The minimum Gasteiger partial charge on any atom is -0.381 e. The molecule has 2 aliphatic heterocycles. The van der Waals surface area contributed by atoms with Crippen LogP contribution in [0.25, 0.3) is 0 Å². The van der Waals surface area contributed by atoms with Crippen molar-refractivity contribution in [3.8, 4) is 0 Å². The van der Waals surface area contributed by atoms with E-state index in [1.807, 2.05) is 0 Å². The smallest absolute Gasteiger partial charge is 0.0469 e. The predicted octanol–water partition coefficient (Wildman–Crippen LogP) is 1.33. The van der Waals surface area contributed by atoms with Crippen LogP contribution in [0.5, 0.6) is 0 Å². The molecule has 0 radical (unpaired) electrons. The number of nitrogens with zero attached hydrogens (tertiary/aromatic N) is 1. The molecule has 2 saturated heterocycles. The number of hydrogen-bond donors (Lipinski definition) is 1. The number of piperidine rings is 1. The molecule has 0 aromatic carbocycles. The molecule has 0 saturated carbocycles. The van der Waals surface area contributed by atoms with Gasteiger partial charge < -0.3 is 15.4 Å². The van der Waals surface area contributed by atoms with Gasteiger partial charge in [0.1, 0.15) is 0 Å². The summed E-state index contributed by atoms with van der Waals surface area (Å²) in [7, 11) is 0. The highest BCUT2D eigenvalue weighted by Crippen LogP contribution is 2.24. The van der Waals surface area contributed by atoms with Crippen LogP contribution in [0.15, 0.2) is 0 Å². The molecule has 2 N–H and O–H groups in total. The van der Waals surface area contributed by atoms with Crippen LogP contribution in [-0.2, 0) is 4.74 Å². The lowest BCUT2D eigenvalue weighted by Crippen LogP contribution is -2.44. The lowest BCUT2D eigenvalue weighted by molar-refractivity contribution is 0.0402. The molecule has 2 unspecified atom stereocenters. The second kappa shape index (κ2) is 5.99. The molecule has 0 aromatic rings. The van der Waals surface area contributed by atoms with Crippen LogP contribution in [-0.4, -0.2) is 44.3 Å². The highest BCUT2D eigenvalue weighted by Gasteiger charge is 2.26. The third kappa shape index (κ3) is 3.19. The van der Waals surface area contributed by atoms with Crippen molar-refractivity contribution in [2.24, 2.45) is 23.5 Å². The zero-order chi connectivity index (χ0) is 11.4. The van der Waals surface area contributed by atoms with Crippen molar-refractivity contribution < 1.29 is 4.74 Å². The molecule has 3 heteroatoms. The van der Waals surface area contributed by atoms with Gasteiger partial charge in [-0.3, -0.25) is 0 Å². The minimum atomic E-state index is 0.755. The first kappa shape index (κ1) is 12.3. The van der Waals surface area contributed by atoms with Gasteiger partial charge in [0.2, 0.25) is 0 Å². The molecule has 0 spiro atoms. The standard InChI is InChI=1S/C13H26N2O/c1-11-9-15(5-2-13(11)8-14)10-12-3-6-16-7-4-12/h11-13H,2-10,14H2,1H3. The van der Waals surface area contributed by atoms with Gasteiger partial charge in [0.15, 0.2) is 0 Å². The summed E-state index contributed by atoms with van der Waals surface area (Å²) in [6.45, 7) is 8.95. The highest BCUT2D eigenvalue weighted by molar-refractivity contribution is 4.80. The van der Waals surface area contributed by atoms with Crippen molar-refractivity contribution in [3.63, 3.8) is 0 Å². The van der Waals surface area contributed by atoms with Crippen LogP contribution in [0.4, 0.5) is 0 Å². The largest absolute Gasteiger partial charge is 0.381 e. The Bertz CT molecular complexity index is 204. The van der Waals surface area contributed by atoms with Gasteiger partial charge in [-0.1, -0.05) is 6.92 Å². The van der Waals surface area contributed by atoms with Crippen LogP contribution < -0.4 is 5.73 Å². The van der Waals surface area contributed by atoms with E-state index in [1.165, 1.54) is 38.9 Å². The maximum absolute atomic E-state index is 5.79. The Morgan fingerprint density at radius 2 is 2.00 bits per heavy atom. The van der Waals surface area contributed by atoms with Gasteiger partial charge in [-0.25, -0.2) is 0 Å². The van der Waals surface area contributed by atoms with Crippen LogP contribution in [0.3, 0.4) is 0 Å². The van der Waals surface area contributed by atoms with Crippen molar-refractivity contribution in [3.05, 3.63) is 0 Å². The number of likely N-dealkylation sites (tertiary alicyclic amines) is 1. The maximum Gasteiger partial charge on any atom is 0.0469 e. The van der Waals surface area contributed by atoms with Crippen molar-refractivity contribution in [1.29, 1.82) is 0 Å². The van der Waals surface area contributed by atoms with E-state index < -0.39 is 0 Å². The second-order valence-electron chi connectivity index (χ2n) is 5.58. The van der Waals surface area contributed by atoms with Gasteiger partial charge in [0.25, 0.3) is 0 Å². The summed E-state index contributed by atoms with van der Waals surface area (Å²) < 4.78 is 5.41. The average molecular weight is 226 g/mol. The fourth-order valence-electron chi connectivity index (χ4n) is 3.09. The summed E-state index contributed by atoms with van der Waals surface area (Å²) in [4.78, 5) is 2.65. The first-order valence-corrected chi connectivity index (χ1v) is 6.79. The Kier molecular flexibility index (Phi) is 4.62. The quantitative estimate of drug-likeness (QED) is 0.789. The molecule has 2 heterocycles. The van der Waals surface area contributed by atoms with E-state index >= 15 is 0 Å². The third-order valence-electron chi connectivity index (χ3n) is 4.33. The van der Waals surface area contributed by atoms with E-state index in [-0.39, 0.29) is 0 Å². The zero-order valence-electron chi connectivity index (χ0n) is 10.5. The van der Waals surface area contributed by atoms with E-state index in [9.17, 15) is 0 Å². The number of rotatable bonds is 3. The summed E-state index contributed by atoms with van der Waals surface area (Å²) in [5.41, 5.74) is 5.79. The molecule has 2 rings (SSSR count). The van der Waals surface area contributed by atoms with Crippen molar-refractivity contribution in [1.82, 2.24) is 4.90 Å². The molecule has 94 valence electrons. The Morgan fingerprint density at radius 1 is 1.25 bits per heavy atom. The number of hydrogen-bond acceptors (Lipinski definition) is 3. The zero-order valence-corrected chi connectivity index (χ0v) is 10.5. The monoisotopic (exact) mass is 226 g/mol. The molecule has 0 amide bonds. The Balaban J connectivity index is 1.74. The van der Waals surface area contributed by atoms with E-state index in [0.29, 0.717) is 0 Å². The molecule has 0 aromatic heterocycles. The molecular formula is C13H26N2O. The highest BCUT2D eigenvalue weighted by atomic mass is 16.5. The maximum atomic E-state index is 5.79. The molecule has 2 fully saturated rings. The molecule has 0 aliphatic carbocycles. The van der Waals surface area contributed by atoms with Gasteiger partial charge in [-0.15, -0.1) is 0 Å². The summed E-state index contributed by atoms with van der Waals surface area (Å²) in [6, 6.07) is 0. The van der Waals surface area contributed by atoms with E-state index in [2.05, 4.69) is 11.8 Å². The van der Waals surface area contributed by atoms with Crippen LogP contribution >= 0.6 is 0 Å². The molecule has 3 nitrogen and oxygen atoms in total. The van der Waals surface area contributed by atoms with Crippen LogP contribution in [0, 0.1) is 17.8 Å². The summed E-state index contributed by atoms with van der Waals surface area (Å²) >= 11 is 0. The first-order chi connectivity index (χ1) is 7.79. The average Bonchev–Trinajstić information content (AvgIpc) is 2.31. The molecular weight excluding hydrogens is 200 g/mol. The van der Waals surface area contributed by atoms with Gasteiger partial charge in [0, 0.05) is 26.3 Å². The topological polar surface area (TPSA) is 38.5 Å². The van der Waals surface area contributed by atoms with Crippen LogP contribution in [0.2, 0.25) is 0 Å². The molecule has 2 atom stereocenters. The third-order valence-corrected chi connectivity index (χ3v) is 4.33. The summed E-state index contributed by atoms with van der Waals surface area (Å²) in [6.07, 6.45) is 3.80. The Morgan fingerprint density at radius 3 is 2.62 bits per heavy atom. The lowest BCUT2D eigenvalue weighted by Gasteiger charge is -2.38. The van der Waals surface area contributed by atoms with Gasteiger partial charge in [0.05, 0.1) is 0 Å². The number of ether oxygens (including phenoxy) is 1.